The van der Waals surface area contributed by atoms with Crippen molar-refractivity contribution in [2.75, 3.05) is 12.4 Å². The van der Waals surface area contributed by atoms with Crippen molar-refractivity contribution in [2.45, 2.75) is 6.36 Å². The Balaban J connectivity index is 1.66. The number of aromatic nitrogens is 1. The van der Waals surface area contributed by atoms with Crippen molar-refractivity contribution in [3.63, 3.8) is 0 Å². The summed E-state index contributed by atoms with van der Waals surface area (Å²) in [5, 5.41) is 4.79. The van der Waals surface area contributed by atoms with Crippen molar-refractivity contribution in [3.05, 3.63) is 59.5 Å². The molecule has 140 valence electrons. The Hall–Kier alpha value is -3.07. The Labute approximate surface area is 156 Å². The minimum atomic E-state index is -4.78. The van der Waals surface area contributed by atoms with Crippen LogP contribution in [-0.4, -0.2) is 24.4 Å². The van der Waals surface area contributed by atoms with E-state index in [0.717, 1.165) is 23.4 Å². The minimum absolute atomic E-state index is 0.186. The van der Waals surface area contributed by atoms with Crippen LogP contribution in [0.25, 0.3) is 11.3 Å². The first kappa shape index (κ1) is 18.7. The van der Waals surface area contributed by atoms with Crippen molar-refractivity contribution < 1.29 is 27.4 Å². The minimum Gasteiger partial charge on any atom is -0.497 e. The SMILES string of the molecule is COc1ccc(-c2csc(NC(=O)c3ccc(OC(F)(F)F)cc3)n2)cc1. The molecular weight excluding hydrogens is 381 g/mol. The predicted molar refractivity (Wildman–Crippen MR) is 95.2 cm³/mol. The maximum atomic E-state index is 12.2. The number of anilines is 1. The van der Waals surface area contributed by atoms with Gasteiger partial charge in [-0.15, -0.1) is 24.5 Å². The van der Waals surface area contributed by atoms with Gasteiger partial charge < -0.3 is 9.47 Å². The highest BCUT2D eigenvalue weighted by Crippen LogP contribution is 2.27. The van der Waals surface area contributed by atoms with E-state index < -0.39 is 18.0 Å². The number of hydrogen-bond acceptors (Lipinski definition) is 5. The summed E-state index contributed by atoms with van der Waals surface area (Å²) in [7, 11) is 1.58. The van der Waals surface area contributed by atoms with Gasteiger partial charge in [0.2, 0.25) is 0 Å². The Bertz CT molecular complexity index is 922. The van der Waals surface area contributed by atoms with Gasteiger partial charge in [-0.1, -0.05) is 0 Å². The second-order valence-electron chi connectivity index (χ2n) is 5.29. The van der Waals surface area contributed by atoms with Crippen LogP contribution in [0.1, 0.15) is 10.4 Å². The van der Waals surface area contributed by atoms with E-state index >= 15 is 0 Å². The number of alkyl halides is 3. The molecule has 0 aliphatic heterocycles. The molecule has 1 heterocycles. The molecule has 0 saturated carbocycles. The second kappa shape index (κ2) is 7.67. The van der Waals surface area contributed by atoms with E-state index in [1.165, 1.54) is 23.5 Å². The molecule has 3 aromatic rings. The molecule has 0 aliphatic rings. The summed E-state index contributed by atoms with van der Waals surface area (Å²) in [5.41, 5.74) is 1.74. The number of amides is 1. The van der Waals surface area contributed by atoms with Crippen LogP contribution in [0.3, 0.4) is 0 Å². The Kier molecular flexibility index (Phi) is 5.31. The summed E-state index contributed by atoms with van der Waals surface area (Å²) in [6.07, 6.45) is -4.78. The summed E-state index contributed by atoms with van der Waals surface area (Å²) in [6, 6.07) is 11.9. The molecule has 0 atom stereocenters. The van der Waals surface area contributed by atoms with Crippen LogP contribution in [0.4, 0.5) is 18.3 Å². The maximum absolute atomic E-state index is 12.2. The standard InChI is InChI=1S/C18H13F3N2O3S/c1-25-13-6-2-11(3-7-13)15-10-27-17(22-15)23-16(24)12-4-8-14(9-5-12)26-18(19,20)21/h2-10H,1H3,(H,22,23,24). The quantitative estimate of drug-likeness (QED) is 0.664. The molecule has 1 aromatic heterocycles. The molecule has 0 fully saturated rings. The van der Waals surface area contributed by atoms with E-state index in [1.807, 2.05) is 12.1 Å². The van der Waals surface area contributed by atoms with Crippen molar-refractivity contribution in [1.82, 2.24) is 4.98 Å². The highest BCUT2D eigenvalue weighted by Gasteiger charge is 2.31. The van der Waals surface area contributed by atoms with Gasteiger partial charge in [-0.3, -0.25) is 10.1 Å². The van der Waals surface area contributed by atoms with Gasteiger partial charge in [-0.2, -0.15) is 0 Å². The summed E-state index contributed by atoms with van der Waals surface area (Å²) in [6.45, 7) is 0. The number of nitrogens with zero attached hydrogens (tertiary/aromatic N) is 1. The van der Waals surface area contributed by atoms with Gasteiger partial charge in [0.05, 0.1) is 12.8 Å². The van der Waals surface area contributed by atoms with Gasteiger partial charge in [0.15, 0.2) is 5.13 Å². The van der Waals surface area contributed by atoms with E-state index in [9.17, 15) is 18.0 Å². The number of methoxy groups -OCH3 is 1. The van der Waals surface area contributed by atoms with Gasteiger partial charge in [-0.05, 0) is 48.5 Å². The Morgan fingerprint density at radius 1 is 1.04 bits per heavy atom. The number of thiazole rings is 1. The highest BCUT2D eigenvalue weighted by atomic mass is 32.1. The lowest BCUT2D eigenvalue weighted by atomic mass is 10.2. The van der Waals surface area contributed by atoms with E-state index in [4.69, 9.17) is 4.74 Å². The van der Waals surface area contributed by atoms with Crippen LogP contribution in [0.5, 0.6) is 11.5 Å². The van der Waals surface area contributed by atoms with Crippen molar-refractivity contribution in [1.29, 1.82) is 0 Å². The molecule has 0 unspecified atom stereocenters. The molecule has 0 saturated heterocycles. The van der Waals surface area contributed by atoms with Gasteiger partial charge >= 0.3 is 6.36 Å². The lowest BCUT2D eigenvalue weighted by Gasteiger charge is -2.09. The average molecular weight is 394 g/mol. The van der Waals surface area contributed by atoms with Crippen molar-refractivity contribution >= 4 is 22.4 Å². The van der Waals surface area contributed by atoms with E-state index in [2.05, 4.69) is 15.0 Å². The Morgan fingerprint density at radius 3 is 2.26 bits per heavy atom. The highest BCUT2D eigenvalue weighted by molar-refractivity contribution is 7.14. The fourth-order valence-corrected chi connectivity index (χ4v) is 2.92. The van der Waals surface area contributed by atoms with Crippen LogP contribution >= 0.6 is 11.3 Å². The first-order chi connectivity index (χ1) is 12.8. The van der Waals surface area contributed by atoms with E-state index in [1.54, 1.807) is 24.6 Å². The fourth-order valence-electron chi connectivity index (χ4n) is 2.20. The summed E-state index contributed by atoms with van der Waals surface area (Å²) in [5.74, 6) is -0.153. The lowest BCUT2D eigenvalue weighted by molar-refractivity contribution is -0.274. The number of carbonyl (C=O) groups is 1. The zero-order valence-corrected chi connectivity index (χ0v) is 14.7. The second-order valence-corrected chi connectivity index (χ2v) is 6.15. The lowest BCUT2D eigenvalue weighted by Crippen LogP contribution is -2.17. The molecule has 1 amide bonds. The maximum Gasteiger partial charge on any atom is 0.573 e. The summed E-state index contributed by atoms with van der Waals surface area (Å²) < 4.78 is 45.3. The molecule has 27 heavy (non-hydrogen) atoms. The van der Waals surface area contributed by atoms with Crippen LogP contribution in [-0.2, 0) is 0 Å². The number of ether oxygens (including phenoxy) is 2. The van der Waals surface area contributed by atoms with E-state index in [0.29, 0.717) is 10.8 Å². The topological polar surface area (TPSA) is 60.5 Å². The molecule has 0 bridgehead atoms. The first-order valence-electron chi connectivity index (χ1n) is 7.61. The number of benzene rings is 2. The van der Waals surface area contributed by atoms with Gasteiger partial charge in [0.1, 0.15) is 11.5 Å². The fraction of sp³-hybridized carbons (Fsp3) is 0.111. The molecule has 0 aliphatic carbocycles. The number of carbonyl (C=O) groups excluding carboxylic acids is 1. The molecule has 1 N–H and O–H groups in total. The zero-order valence-electron chi connectivity index (χ0n) is 13.9. The van der Waals surface area contributed by atoms with Gasteiger partial charge in [0.25, 0.3) is 5.91 Å². The van der Waals surface area contributed by atoms with Crippen LogP contribution in [0.2, 0.25) is 0 Å². The van der Waals surface area contributed by atoms with Crippen LogP contribution in [0.15, 0.2) is 53.9 Å². The van der Waals surface area contributed by atoms with Crippen molar-refractivity contribution in [3.8, 4) is 22.8 Å². The van der Waals surface area contributed by atoms with Crippen molar-refractivity contribution in [2.24, 2.45) is 0 Å². The van der Waals surface area contributed by atoms with E-state index in [-0.39, 0.29) is 5.56 Å². The van der Waals surface area contributed by atoms with Crippen LogP contribution < -0.4 is 14.8 Å². The number of halogens is 3. The zero-order chi connectivity index (χ0) is 19.4. The third kappa shape index (κ3) is 4.98. The monoisotopic (exact) mass is 394 g/mol. The normalized spacial score (nSPS) is 11.1. The molecule has 0 spiro atoms. The number of rotatable bonds is 5. The molecule has 5 nitrogen and oxygen atoms in total. The molecular formula is C18H13F3N2O3S. The molecule has 0 radical (unpaired) electrons. The van der Waals surface area contributed by atoms with Crippen LogP contribution in [0, 0.1) is 0 Å². The van der Waals surface area contributed by atoms with Gasteiger partial charge in [-0.25, -0.2) is 4.98 Å². The first-order valence-corrected chi connectivity index (χ1v) is 8.49. The summed E-state index contributed by atoms with van der Waals surface area (Å²) >= 11 is 1.24. The molecule has 3 rings (SSSR count). The molecule has 9 heteroatoms. The third-order valence-corrected chi connectivity index (χ3v) is 4.22. The van der Waals surface area contributed by atoms with Gasteiger partial charge in [0, 0.05) is 16.5 Å². The largest absolute Gasteiger partial charge is 0.573 e. The predicted octanol–water partition coefficient (Wildman–Crippen LogP) is 4.97. The molecule has 2 aromatic carbocycles. The average Bonchev–Trinajstić information content (AvgIpc) is 3.09. The number of nitrogens with one attached hydrogen (secondary N) is 1. The Morgan fingerprint density at radius 2 is 1.67 bits per heavy atom. The summed E-state index contributed by atoms with van der Waals surface area (Å²) in [4.78, 5) is 16.6. The smallest absolute Gasteiger partial charge is 0.497 e. The number of hydrogen-bond donors (Lipinski definition) is 1. The third-order valence-electron chi connectivity index (χ3n) is 3.46.